The molecular formula is C22H36N4O3S. The van der Waals surface area contributed by atoms with E-state index in [1.165, 1.54) is 12.8 Å². The summed E-state index contributed by atoms with van der Waals surface area (Å²) in [6, 6.07) is -1.07. The van der Waals surface area contributed by atoms with Crippen LogP contribution in [0.3, 0.4) is 0 Å². The van der Waals surface area contributed by atoms with Crippen molar-refractivity contribution in [1.29, 1.82) is 0 Å². The van der Waals surface area contributed by atoms with E-state index in [2.05, 4.69) is 16.9 Å². The van der Waals surface area contributed by atoms with E-state index >= 15 is 0 Å². The predicted octanol–water partition coefficient (Wildman–Crippen LogP) is 2.11. The van der Waals surface area contributed by atoms with E-state index in [4.69, 9.17) is 11.5 Å². The number of carbonyl (C=O) groups excluding carboxylic acids is 3. The highest BCUT2D eigenvalue weighted by molar-refractivity contribution is 7.98. The molecular weight excluding hydrogens is 400 g/mol. The molecule has 0 spiro atoms. The van der Waals surface area contributed by atoms with Crippen LogP contribution < -0.4 is 16.2 Å². The fourth-order valence-electron chi connectivity index (χ4n) is 4.10. The average Bonchev–Trinajstić information content (AvgIpc) is 3.63. The van der Waals surface area contributed by atoms with Crippen molar-refractivity contribution in [3.63, 3.8) is 0 Å². The topological polar surface area (TPSA) is 119 Å². The van der Waals surface area contributed by atoms with Crippen LogP contribution in [0, 0.1) is 17.8 Å². The van der Waals surface area contributed by atoms with E-state index < -0.39 is 18.0 Å². The number of rotatable bonds is 12. The van der Waals surface area contributed by atoms with Crippen LogP contribution in [0.5, 0.6) is 0 Å². The van der Waals surface area contributed by atoms with Gasteiger partial charge >= 0.3 is 0 Å². The summed E-state index contributed by atoms with van der Waals surface area (Å²) in [5.41, 5.74) is 11.5. The second kappa shape index (κ2) is 10.7. The Morgan fingerprint density at radius 3 is 2.67 bits per heavy atom. The molecule has 168 valence electrons. The zero-order chi connectivity index (χ0) is 21.7. The first kappa shape index (κ1) is 23.1. The van der Waals surface area contributed by atoms with Crippen molar-refractivity contribution in [1.82, 2.24) is 9.62 Å². The smallest absolute Gasteiger partial charge is 0.240 e. The molecule has 1 saturated heterocycles. The predicted molar refractivity (Wildman–Crippen MR) is 119 cm³/mol. The van der Waals surface area contributed by atoms with Gasteiger partial charge in [-0.2, -0.15) is 0 Å². The number of primary amides is 1. The molecule has 2 aliphatic carbocycles. The Morgan fingerprint density at radius 2 is 1.97 bits per heavy atom. The van der Waals surface area contributed by atoms with Crippen molar-refractivity contribution in [2.75, 3.05) is 6.54 Å². The second-order valence-corrected chi connectivity index (χ2v) is 10.3. The van der Waals surface area contributed by atoms with Gasteiger partial charge in [0.2, 0.25) is 17.7 Å². The normalized spacial score (nSPS) is 29.2. The standard InChI is InChI=1S/C22H36N4O3S/c1-14-11-19(20(24)27)26(13-14)22(29)18(23)8-6-4-2-3-5-7-15-12-17(15)21(28)25-30-16-9-10-16/h5,7,14-19H,2-4,6,8-13,23H2,1H3,(H2,24,27)(H,25,28)/b7-5-/t14-,15?,17?,18+,19?/m1/s1. The van der Waals surface area contributed by atoms with Gasteiger partial charge in [-0.1, -0.05) is 31.9 Å². The van der Waals surface area contributed by atoms with Crippen molar-refractivity contribution < 1.29 is 14.4 Å². The minimum Gasteiger partial charge on any atom is -0.368 e. The average molecular weight is 437 g/mol. The molecule has 30 heavy (non-hydrogen) atoms. The molecule has 0 radical (unpaired) electrons. The summed E-state index contributed by atoms with van der Waals surface area (Å²) < 4.78 is 2.98. The fourth-order valence-corrected chi connectivity index (χ4v) is 4.91. The van der Waals surface area contributed by atoms with E-state index in [0.717, 1.165) is 32.1 Å². The minimum absolute atomic E-state index is 0.152. The Hall–Kier alpha value is -1.54. The van der Waals surface area contributed by atoms with Gasteiger partial charge in [0.05, 0.1) is 6.04 Å². The van der Waals surface area contributed by atoms with Gasteiger partial charge in [0.15, 0.2) is 0 Å². The van der Waals surface area contributed by atoms with Gasteiger partial charge in [-0.05, 0) is 68.7 Å². The van der Waals surface area contributed by atoms with E-state index in [9.17, 15) is 14.4 Å². The summed E-state index contributed by atoms with van der Waals surface area (Å²) in [5, 5.41) is 0.647. The Morgan fingerprint density at radius 1 is 1.20 bits per heavy atom. The van der Waals surface area contributed by atoms with E-state index in [1.807, 2.05) is 6.92 Å². The summed E-state index contributed by atoms with van der Waals surface area (Å²) in [6.45, 7) is 2.58. The monoisotopic (exact) mass is 436 g/mol. The summed E-state index contributed by atoms with van der Waals surface area (Å²) in [7, 11) is 0. The molecule has 0 aromatic heterocycles. The van der Waals surface area contributed by atoms with E-state index in [-0.39, 0.29) is 23.7 Å². The minimum atomic E-state index is -0.563. The molecule has 0 aromatic rings. The number of hydrogen-bond donors (Lipinski definition) is 3. The summed E-state index contributed by atoms with van der Waals surface area (Å²) in [6.07, 6.45) is 13.0. The van der Waals surface area contributed by atoms with Crippen LogP contribution in [0.25, 0.3) is 0 Å². The number of unbranched alkanes of at least 4 members (excludes halogenated alkanes) is 3. The number of carbonyl (C=O) groups is 3. The number of nitrogens with two attached hydrogens (primary N) is 2. The Balaban J connectivity index is 1.24. The summed E-state index contributed by atoms with van der Waals surface area (Å²) >= 11 is 1.59. The highest BCUT2D eigenvalue weighted by Gasteiger charge is 2.41. The fraction of sp³-hybridized carbons (Fsp3) is 0.773. The maximum atomic E-state index is 12.6. The third-order valence-electron chi connectivity index (χ3n) is 6.24. The Labute approximate surface area is 183 Å². The molecule has 1 heterocycles. The molecule has 3 aliphatic rings. The van der Waals surface area contributed by atoms with Crippen LogP contribution in [0.2, 0.25) is 0 Å². The number of nitrogens with one attached hydrogen (secondary N) is 1. The molecule has 8 heteroatoms. The summed E-state index contributed by atoms with van der Waals surface area (Å²) in [4.78, 5) is 37.7. The van der Waals surface area contributed by atoms with Crippen molar-refractivity contribution in [3.8, 4) is 0 Å². The molecule has 0 aromatic carbocycles. The molecule has 5 atom stereocenters. The first-order valence-corrected chi connectivity index (χ1v) is 12.2. The molecule has 2 saturated carbocycles. The van der Waals surface area contributed by atoms with Gasteiger partial charge in [0.25, 0.3) is 0 Å². The van der Waals surface area contributed by atoms with Gasteiger partial charge in [0, 0.05) is 17.7 Å². The quantitative estimate of drug-likeness (QED) is 0.246. The van der Waals surface area contributed by atoms with Gasteiger partial charge in [0.1, 0.15) is 6.04 Å². The third-order valence-corrected chi connectivity index (χ3v) is 7.36. The van der Waals surface area contributed by atoms with Crippen LogP contribution in [0.4, 0.5) is 0 Å². The first-order valence-electron chi connectivity index (χ1n) is 11.3. The lowest BCUT2D eigenvalue weighted by molar-refractivity contribution is -0.138. The zero-order valence-electron chi connectivity index (χ0n) is 17.9. The Bertz CT molecular complexity index is 667. The maximum Gasteiger partial charge on any atom is 0.240 e. The van der Waals surface area contributed by atoms with Crippen LogP contribution in [-0.4, -0.2) is 46.5 Å². The lowest BCUT2D eigenvalue weighted by Crippen LogP contribution is -2.50. The van der Waals surface area contributed by atoms with Crippen molar-refractivity contribution >= 4 is 29.7 Å². The largest absolute Gasteiger partial charge is 0.368 e. The molecule has 0 bridgehead atoms. The van der Waals surface area contributed by atoms with Gasteiger partial charge in [-0.3, -0.25) is 19.1 Å². The summed E-state index contributed by atoms with van der Waals surface area (Å²) in [5.74, 6) is 0.432. The Kier molecular flexibility index (Phi) is 8.22. The maximum absolute atomic E-state index is 12.6. The lowest BCUT2D eigenvalue weighted by atomic mass is 10.1. The van der Waals surface area contributed by atoms with Crippen LogP contribution in [-0.2, 0) is 14.4 Å². The third kappa shape index (κ3) is 6.74. The SMILES string of the molecule is C[C@@H]1CC(C(N)=O)N(C(=O)[C@@H](N)CCCCC/C=C\C2CC2C(=O)NSC2CC2)C1. The molecule has 3 fully saturated rings. The molecule has 3 amide bonds. The molecule has 3 unspecified atom stereocenters. The number of likely N-dealkylation sites (tertiary alicyclic amines) is 1. The van der Waals surface area contributed by atoms with Crippen molar-refractivity contribution in [3.05, 3.63) is 12.2 Å². The number of amides is 3. The van der Waals surface area contributed by atoms with Gasteiger partial charge < -0.3 is 16.4 Å². The highest BCUT2D eigenvalue weighted by atomic mass is 32.2. The number of nitrogens with zero attached hydrogens (tertiary/aromatic N) is 1. The molecule has 7 nitrogen and oxygen atoms in total. The van der Waals surface area contributed by atoms with Gasteiger partial charge in [-0.15, -0.1) is 0 Å². The number of allylic oxidation sites excluding steroid dienone is 2. The van der Waals surface area contributed by atoms with Crippen molar-refractivity contribution in [2.24, 2.45) is 29.2 Å². The molecule has 5 N–H and O–H groups in total. The molecule has 1 aliphatic heterocycles. The highest BCUT2D eigenvalue weighted by Crippen LogP contribution is 2.41. The van der Waals surface area contributed by atoms with Gasteiger partial charge in [-0.25, -0.2) is 0 Å². The van der Waals surface area contributed by atoms with Crippen LogP contribution in [0.1, 0.15) is 64.7 Å². The number of hydrogen-bond acceptors (Lipinski definition) is 5. The zero-order valence-corrected chi connectivity index (χ0v) is 18.7. The molecule has 3 rings (SSSR count). The van der Waals surface area contributed by atoms with Crippen LogP contribution in [0.15, 0.2) is 12.2 Å². The first-order chi connectivity index (χ1) is 14.4. The van der Waals surface area contributed by atoms with Crippen LogP contribution >= 0.6 is 11.9 Å². The van der Waals surface area contributed by atoms with Crippen molar-refractivity contribution in [2.45, 2.75) is 82.0 Å². The van der Waals surface area contributed by atoms with E-state index in [0.29, 0.717) is 30.6 Å². The second-order valence-electron chi connectivity index (χ2n) is 9.21. The lowest BCUT2D eigenvalue weighted by Gasteiger charge is -2.25. The van der Waals surface area contributed by atoms with E-state index in [1.54, 1.807) is 16.8 Å².